The molecule has 0 fully saturated rings. The fraction of sp³-hybridized carbons (Fsp3) is 0.269. The van der Waals surface area contributed by atoms with Gasteiger partial charge < -0.3 is 4.67 Å². The number of para-hydroxylation sites is 2. The second-order valence-electron chi connectivity index (χ2n) is 7.85. The second kappa shape index (κ2) is 9.85. The van der Waals surface area contributed by atoms with Gasteiger partial charge in [-0.25, -0.2) is 4.99 Å². The third-order valence-corrected chi connectivity index (χ3v) is 7.79. The Balaban J connectivity index is 2.24. The number of amidine groups is 1. The molecule has 0 N–H and O–H groups in total. The zero-order valence-corrected chi connectivity index (χ0v) is 19.0. The van der Waals surface area contributed by atoms with Crippen molar-refractivity contribution in [1.29, 1.82) is 0 Å². The molecule has 3 aromatic rings. The number of hydrogen-bond acceptors (Lipinski definition) is 1. The Kier molecular flexibility index (Phi) is 7.23. The van der Waals surface area contributed by atoms with Crippen molar-refractivity contribution < 1.29 is 0 Å². The van der Waals surface area contributed by atoms with Gasteiger partial charge in [-0.05, 0) is 42.5 Å². The molecule has 150 valence electrons. The van der Waals surface area contributed by atoms with Gasteiger partial charge in [-0.15, -0.1) is 0 Å². The number of hydrogen-bond donors (Lipinski definition) is 0. The lowest BCUT2D eigenvalue weighted by molar-refractivity contribution is 1.00. The molecule has 0 heterocycles. The minimum absolute atomic E-state index is 0.483. The van der Waals surface area contributed by atoms with Crippen molar-refractivity contribution >= 4 is 25.3 Å². The van der Waals surface area contributed by atoms with Gasteiger partial charge in [0.05, 0.1) is 5.69 Å². The lowest BCUT2D eigenvalue weighted by atomic mass is 10.1. The van der Waals surface area contributed by atoms with E-state index in [-0.39, 0.29) is 0 Å². The van der Waals surface area contributed by atoms with Gasteiger partial charge in [0.25, 0.3) is 0 Å². The predicted octanol–water partition coefficient (Wildman–Crippen LogP) is 7.79. The maximum Gasteiger partial charge on any atom is 0.144 e. The molecule has 29 heavy (non-hydrogen) atoms. The Morgan fingerprint density at radius 3 is 1.76 bits per heavy atom. The maximum absolute atomic E-state index is 5.18. The topological polar surface area (TPSA) is 15.6 Å². The van der Waals surface area contributed by atoms with Crippen LogP contribution in [0, 0.1) is 6.92 Å². The van der Waals surface area contributed by atoms with Gasteiger partial charge in [0.1, 0.15) is 5.84 Å². The summed E-state index contributed by atoms with van der Waals surface area (Å²) in [6, 6.07) is 29.7. The first-order valence-electron chi connectivity index (χ1n) is 10.3. The highest BCUT2D eigenvalue weighted by Crippen LogP contribution is 2.52. The van der Waals surface area contributed by atoms with E-state index in [4.69, 9.17) is 4.99 Å². The van der Waals surface area contributed by atoms with Crippen LogP contribution < -0.4 is 4.67 Å². The van der Waals surface area contributed by atoms with Crippen molar-refractivity contribution in [2.24, 2.45) is 4.99 Å². The molecule has 3 rings (SSSR count). The Morgan fingerprint density at radius 2 is 1.24 bits per heavy atom. The summed E-state index contributed by atoms with van der Waals surface area (Å²) < 4.78 is 2.50. The third kappa shape index (κ3) is 5.34. The average molecular weight is 403 g/mol. The molecule has 0 amide bonds. The van der Waals surface area contributed by atoms with Crippen molar-refractivity contribution in [3.8, 4) is 0 Å². The molecule has 0 atom stereocenters. The first-order valence-corrected chi connectivity index (χ1v) is 11.7. The van der Waals surface area contributed by atoms with Crippen LogP contribution in [-0.4, -0.2) is 17.2 Å². The molecule has 3 heteroatoms. The summed E-state index contributed by atoms with van der Waals surface area (Å²) in [5, 5.41) is 0. The predicted molar refractivity (Wildman–Crippen MR) is 130 cm³/mol. The van der Waals surface area contributed by atoms with E-state index in [2.05, 4.69) is 106 Å². The number of nitrogens with zero attached hydrogens (tertiary/aromatic N) is 2. The number of anilines is 1. The zero-order valence-electron chi connectivity index (χ0n) is 18.1. The molecular weight excluding hydrogens is 371 g/mol. The monoisotopic (exact) mass is 402 g/mol. The van der Waals surface area contributed by atoms with Gasteiger partial charge in [0.2, 0.25) is 0 Å². The highest BCUT2D eigenvalue weighted by Gasteiger charge is 2.29. The summed E-state index contributed by atoms with van der Waals surface area (Å²) >= 11 is 0. The van der Waals surface area contributed by atoms with Gasteiger partial charge in [0, 0.05) is 19.3 Å². The molecule has 0 aliphatic heterocycles. The molecule has 0 saturated carbocycles. The van der Waals surface area contributed by atoms with Gasteiger partial charge in [-0.3, -0.25) is 0 Å². The maximum atomic E-state index is 5.18. The van der Waals surface area contributed by atoms with E-state index in [1.165, 1.54) is 11.3 Å². The molecule has 0 aromatic heterocycles. The van der Waals surface area contributed by atoms with Crippen LogP contribution in [0.4, 0.5) is 11.4 Å². The standard InChI is InChI=1S/C26H31N2P/c1-20(2)29(21(3)4)28(25-14-10-7-11-15-25)26(23-18-16-22(5)17-19-23)27-24-12-8-6-9-13-24/h6-21H,1-5H3. The first-order chi connectivity index (χ1) is 14.0. The number of benzene rings is 3. The summed E-state index contributed by atoms with van der Waals surface area (Å²) in [6.07, 6.45) is 0. The number of rotatable bonds is 6. The number of aliphatic imine (C=N–C) groups is 1. The van der Waals surface area contributed by atoms with E-state index in [1.54, 1.807) is 0 Å². The Bertz CT molecular complexity index is 908. The highest BCUT2D eigenvalue weighted by molar-refractivity contribution is 7.61. The fourth-order valence-corrected chi connectivity index (χ4v) is 6.45. The minimum Gasteiger partial charge on any atom is -0.304 e. The molecule has 0 aliphatic carbocycles. The Hall–Kier alpha value is -2.44. The van der Waals surface area contributed by atoms with Crippen LogP contribution in [0.25, 0.3) is 0 Å². The molecule has 0 radical (unpaired) electrons. The summed E-state index contributed by atoms with van der Waals surface area (Å²) in [5.74, 6) is 1.02. The zero-order chi connectivity index (χ0) is 20.8. The van der Waals surface area contributed by atoms with Gasteiger partial charge >= 0.3 is 0 Å². The van der Waals surface area contributed by atoms with Crippen LogP contribution >= 0.6 is 8.07 Å². The van der Waals surface area contributed by atoms with Crippen LogP contribution in [0.3, 0.4) is 0 Å². The fourth-order valence-electron chi connectivity index (χ4n) is 3.55. The summed E-state index contributed by atoms with van der Waals surface area (Å²) in [5.41, 5.74) is 5.67. The Labute approximate surface area is 177 Å². The summed E-state index contributed by atoms with van der Waals surface area (Å²) in [4.78, 5) is 5.18. The van der Waals surface area contributed by atoms with Gasteiger partial charge in [-0.1, -0.05) is 93.9 Å². The lowest BCUT2D eigenvalue weighted by Crippen LogP contribution is -2.32. The Morgan fingerprint density at radius 1 is 0.724 bits per heavy atom. The number of aryl methyl sites for hydroxylation is 1. The van der Waals surface area contributed by atoms with E-state index in [0.29, 0.717) is 11.3 Å². The van der Waals surface area contributed by atoms with E-state index < -0.39 is 8.07 Å². The summed E-state index contributed by atoms with van der Waals surface area (Å²) in [6.45, 7) is 11.4. The van der Waals surface area contributed by atoms with Gasteiger partial charge in [0.15, 0.2) is 0 Å². The van der Waals surface area contributed by atoms with Crippen molar-refractivity contribution in [2.45, 2.75) is 45.9 Å². The highest BCUT2D eigenvalue weighted by atomic mass is 31.1. The van der Waals surface area contributed by atoms with Gasteiger partial charge in [-0.2, -0.15) is 0 Å². The molecule has 0 bridgehead atoms. The third-order valence-electron chi connectivity index (χ3n) is 4.79. The quantitative estimate of drug-likeness (QED) is 0.233. The lowest BCUT2D eigenvalue weighted by Gasteiger charge is -2.39. The van der Waals surface area contributed by atoms with Crippen LogP contribution in [0.1, 0.15) is 38.8 Å². The first kappa shape index (κ1) is 21.3. The van der Waals surface area contributed by atoms with Crippen molar-refractivity contribution in [3.05, 3.63) is 96.1 Å². The largest absolute Gasteiger partial charge is 0.304 e. The smallest absolute Gasteiger partial charge is 0.144 e. The molecular formula is C26H31N2P. The van der Waals surface area contributed by atoms with E-state index in [0.717, 1.165) is 17.1 Å². The molecule has 0 aliphatic rings. The SMILES string of the molecule is Cc1ccc(C(=Nc2ccccc2)N(c2ccccc2)P(C(C)C)C(C)C)cc1. The van der Waals surface area contributed by atoms with E-state index >= 15 is 0 Å². The van der Waals surface area contributed by atoms with Crippen LogP contribution in [0.2, 0.25) is 0 Å². The molecule has 0 unspecified atom stereocenters. The van der Waals surface area contributed by atoms with Crippen molar-refractivity contribution in [2.75, 3.05) is 4.67 Å². The normalized spacial score (nSPS) is 12.1. The average Bonchev–Trinajstić information content (AvgIpc) is 2.72. The van der Waals surface area contributed by atoms with Crippen molar-refractivity contribution in [3.63, 3.8) is 0 Å². The van der Waals surface area contributed by atoms with Crippen LogP contribution in [-0.2, 0) is 0 Å². The molecule has 0 saturated heterocycles. The summed E-state index contributed by atoms with van der Waals surface area (Å²) in [7, 11) is -0.483. The second-order valence-corrected chi connectivity index (χ2v) is 11.1. The van der Waals surface area contributed by atoms with E-state index in [1.807, 2.05) is 18.2 Å². The van der Waals surface area contributed by atoms with Crippen molar-refractivity contribution in [1.82, 2.24) is 0 Å². The molecule has 3 aromatic carbocycles. The minimum atomic E-state index is -0.483. The molecule has 0 spiro atoms. The molecule has 2 nitrogen and oxygen atoms in total. The van der Waals surface area contributed by atoms with E-state index in [9.17, 15) is 0 Å². The van der Waals surface area contributed by atoms with Crippen LogP contribution in [0.15, 0.2) is 89.9 Å². The van der Waals surface area contributed by atoms with Crippen LogP contribution in [0.5, 0.6) is 0 Å².